The molecule has 4 aliphatic carbocycles. The van der Waals surface area contributed by atoms with Crippen LogP contribution >= 0.6 is 0 Å². The van der Waals surface area contributed by atoms with Crippen molar-refractivity contribution in [2.24, 2.45) is 34.5 Å². The first-order chi connectivity index (χ1) is 10.9. The summed E-state index contributed by atoms with van der Waals surface area (Å²) in [5.74, 6) is 2.10. The maximum absolute atomic E-state index is 12.7. The van der Waals surface area contributed by atoms with Gasteiger partial charge in [-0.25, -0.2) is 0 Å². The van der Waals surface area contributed by atoms with E-state index >= 15 is 0 Å². The number of Topliss-reactive ketones (excluding diaryl/α,β-unsaturated/α-hetero) is 1. The largest absolute Gasteiger partial charge is 0.393 e. The van der Waals surface area contributed by atoms with Gasteiger partial charge in [-0.3, -0.25) is 4.79 Å². The van der Waals surface area contributed by atoms with Gasteiger partial charge in [0.1, 0.15) is 5.78 Å². The van der Waals surface area contributed by atoms with Gasteiger partial charge in [0.05, 0.1) is 12.2 Å². The van der Waals surface area contributed by atoms with Crippen molar-refractivity contribution in [1.29, 1.82) is 0 Å². The van der Waals surface area contributed by atoms with E-state index in [0.717, 1.165) is 32.1 Å². The molecule has 1 N–H and O–H groups in total. The van der Waals surface area contributed by atoms with Gasteiger partial charge in [0.2, 0.25) is 0 Å². The molecule has 0 amide bonds. The first kappa shape index (κ1) is 15.8. The maximum atomic E-state index is 12.7. The molecule has 0 saturated heterocycles. The minimum atomic E-state index is -0.234. The van der Waals surface area contributed by atoms with Crippen LogP contribution < -0.4 is 0 Å². The molecule has 0 heterocycles. The molecule has 0 bridgehead atoms. The Bertz CT molecular complexity index is 541. The van der Waals surface area contributed by atoms with E-state index in [2.05, 4.69) is 26.0 Å². The zero-order valence-electron chi connectivity index (χ0n) is 14.6. The van der Waals surface area contributed by atoms with E-state index < -0.39 is 0 Å². The average Bonchev–Trinajstić information content (AvgIpc) is 2.78. The van der Waals surface area contributed by atoms with Gasteiger partial charge in [-0.05, 0) is 55.3 Å². The number of aliphatic hydroxyl groups is 1. The van der Waals surface area contributed by atoms with Crippen molar-refractivity contribution in [3.63, 3.8) is 0 Å². The molecule has 0 aromatic heterocycles. The topological polar surface area (TPSA) is 46.5 Å². The summed E-state index contributed by atoms with van der Waals surface area (Å²) in [6.07, 6.45) is 10.0. The molecular formula is C20H30O3. The van der Waals surface area contributed by atoms with Crippen LogP contribution in [0.4, 0.5) is 0 Å². The summed E-state index contributed by atoms with van der Waals surface area (Å²) >= 11 is 0. The van der Waals surface area contributed by atoms with Crippen molar-refractivity contribution in [1.82, 2.24) is 0 Å². The van der Waals surface area contributed by atoms with Gasteiger partial charge in [-0.15, -0.1) is 0 Å². The lowest BCUT2D eigenvalue weighted by Crippen LogP contribution is -2.57. The Balaban J connectivity index is 1.74. The molecule has 3 nitrogen and oxygen atoms in total. The summed E-state index contributed by atoms with van der Waals surface area (Å²) in [5, 5.41) is 10.9. The van der Waals surface area contributed by atoms with E-state index in [9.17, 15) is 9.90 Å². The molecule has 0 aliphatic heterocycles. The Morgan fingerprint density at radius 2 is 2.04 bits per heavy atom. The fourth-order valence-electron chi connectivity index (χ4n) is 6.94. The number of fused-ring (bicyclic) bond motifs is 5. The monoisotopic (exact) mass is 318 g/mol. The van der Waals surface area contributed by atoms with E-state index in [1.807, 2.05) is 0 Å². The van der Waals surface area contributed by atoms with Crippen molar-refractivity contribution in [2.75, 3.05) is 7.11 Å². The highest BCUT2D eigenvalue weighted by molar-refractivity contribution is 5.88. The molecule has 23 heavy (non-hydrogen) atoms. The van der Waals surface area contributed by atoms with Crippen LogP contribution in [0.3, 0.4) is 0 Å². The highest BCUT2D eigenvalue weighted by atomic mass is 16.5. The first-order valence-electron chi connectivity index (χ1n) is 9.31. The maximum Gasteiger partial charge on any atom is 0.141 e. The van der Waals surface area contributed by atoms with E-state index in [1.165, 1.54) is 0 Å². The molecule has 0 unspecified atom stereocenters. The molecule has 3 saturated carbocycles. The summed E-state index contributed by atoms with van der Waals surface area (Å²) in [5.41, 5.74) is -0.0440. The molecule has 4 rings (SSSR count). The number of allylic oxidation sites excluding steroid dienone is 2. The van der Waals surface area contributed by atoms with Gasteiger partial charge < -0.3 is 9.84 Å². The van der Waals surface area contributed by atoms with Crippen LogP contribution in [0, 0.1) is 34.5 Å². The summed E-state index contributed by atoms with van der Waals surface area (Å²) < 4.78 is 5.75. The van der Waals surface area contributed by atoms with Gasteiger partial charge in [0.15, 0.2) is 0 Å². The highest BCUT2D eigenvalue weighted by Gasteiger charge is 2.64. The molecule has 4 aliphatic rings. The number of ether oxygens (including phenoxy) is 1. The van der Waals surface area contributed by atoms with Gasteiger partial charge in [0.25, 0.3) is 0 Å². The van der Waals surface area contributed by atoms with Gasteiger partial charge in [-0.1, -0.05) is 26.0 Å². The molecule has 0 spiro atoms. The predicted molar refractivity (Wildman–Crippen MR) is 88.8 cm³/mol. The van der Waals surface area contributed by atoms with E-state index in [4.69, 9.17) is 4.74 Å². The Morgan fingerprint density at radius 3 is 2.78 bits per heavy atom. The van der Waals surface area contributed by atoms with Crippen molar-refractivity contribution in [2.45, 2.75) is 64.6 Å². The van der Waals surface area contributed by atoms with Crippen molar-refractivity contribution in [3.05, 3.63) is 12.2 Å². The van der Waals surface area contributed by atoms with E-state index in [0.29, 0.717) is 30.0 Å². The van der Waals surface area contributed by atoms with Crippen LogP contribution in [0.1, 0.15) is 52.4 Å². The third kappa shape index (κ3) is 1.99. The van der Waals surface area contributed by atoms with Crippen molar-refractivity contribution in [3.8, 4) is 0 Å². The predicted octanol–water partition coefficient (Wildman–Crippen LogP) is 3.36. The lowest BCUT2D eigenvalue weighted by Gasteiger charge is -2.60. The number of methoxy groups -OCH3 is 1. The number of carbonyl (C=O) groups is 1. The van der Waals surface area contributed by atoms with Crippen LogP contribution in [0.5, 0.6) is 0 Å². The number of rotatable bonds is 1. The summed E-state index contributed by atoms with van der Waals surface area (Å²) in [4.78, 5) is 12.7. The second-order valence-electron chi connectivity index (χ2n) is 8.98. The smallest absolute Gasteiger partial charge is 0.141 e. The summed E-state index contributed by atoms with van der Waals surface area (Å²) in [7, 11) is 1.75. The number of hydrogen-bond donors (Lipinski definition) is 1. The Kier molecular flexibility index (Phi) is 3.55. The SMILES string of the molecule is CO[C@@H]1CC(=O)[C@@]2(C)CC[C@H]3[C@@H](C[C@H](O)[C@H]4CC=CC[C@@]43C)[C@H]12. The quantitative estimate of drug-likeness (QED) is 0.754. The summed E-state index contributed by atoms with van der Waals surface area (Å²) in [6, 6.07) is 0. The van der Waals surface area contributed by atoms with Crippen LogP contribution in [0.15, 0.2) is 12.2 Å². The molecular weight excluding hydrogens is 288 g/mol. The number of ketones is 1. The normalized spacial score (nSPS) is 55.2. The van der Waals surface area contributed by atoms with Crippen LogP contribution in [-0.4, -0.2) is 30.2 Å². The Labute approximate surface area is 139 Å². The van der Waals surface area contributed by atoms with Crippen molar-refractivity contribution < 1.29 is 14.6 Å². The minimum Gasteiger partial charge on any atom is -0.393 e. The van der Waals surface area contributed by atoms with Gasteiger partial charge in [0, 0.05) is 24.9 Å². The molecule has 8 atom stereocenters. The minimum absolute atomic E-state index is 0.0479. The average molecular weight is 318 g/mol. The lowest BCUT2D eigenvalue weighted by molar-refractivity contribution is -0.161. The van der Waals surface area contributed by atoms with E-state index in [-0.39, 0.29) is 29.0 Å². The van der Waals surface area contributed by atoms with E-state index in [1.54, 1.807) is 7.11 Å². The number of aliphatic hydroxyl groups excluding tert-OH is 1. The van der Waals surface area contributed by atoms with Crippen LogP contribution in [0.25, 0.3) is 0 Å². The highest BCUT2D eigenvalue weighted by Crippen LogP contribution is 2.65. The van der Waals surface area contributed by atoms with Gasteiger partial charge >= 0.3 is 0 Å². The second kappa shape index (κ2) is 5.16. The molecule has 0 radical (unpaired) electrons. The Morgan fingerprint density at radius 1 is 1.26 bits per heavy atom. The Hall–Kier alpha value is -0.670. The number of hydrogen-bond acceptors (Lipinski definition) is 3. The molecule has 0 aromatic carbocycles. The third-order valence-corrected chi connectivity index (χ3v) is 8.20. The zero-order valence-corrected chi connectivity index (χ0v) is 14.6. The van der Waals surface area contributed by atoms with Crippen LogP contribution in [0.2, 0.25) is 0 Å². The van der Waals surface area contributed by atoms with Crippen molar-refractivity contribution >= 4 is 5.78 Å². The second-order valence-corrected chi connectivity index (χ2v) is 8.98. The molecule has 0 aromatic rings. The number of carbonyl (C=O) groups excluding carboxylic acids is 1. The lowest BCUT2D eigenvalue weighted by atomic mass is 9.45. The molecule has 3 heteroatoms. The van der Waals surface area contributed by atoms with Gasteiger partial charge in [-0.2, -0.15) is 0 Å². The molecule has 128 valence electrons. The molecule has 3 fully saturated rings. The summed E-state index contributed by atoms with van der Waals surface area (Å²) in [6.45, 7) is 4.55. The first-order valence-corrected chi connectivity index (χ1v) is 9.31. The fraction of sp³-hybridized carbons (Fsp3) is 0.850. The standard InChI is InChI=1S/C20H30O3/c1-19-8-5-4-6-14(19)15(21)10-12-13(19)7-9-20(2)17(22)11-16(23-3)18(12)20/h4-5,12-16,18,21H,6-11H2,1-3H3/t12-,13+,14-,15+,16-,18-,19-,20-/m1/s1. The fourth-order valence-corrected chi connectivity index (χ4v) is 6.94. The zero-order chi connectivity index (χ0) is 16.4. The third-order valence-electron chi connectivity index (χ3n) is 8.20. The van der Waals surface area contributed by atoms with Crippen LogP contribution in [-0.2, 0) is 9.53 Å².